The third-order valence-electron chi connectivity index (χ3n) is 3.58. The molecular formula is C13H21N3O. The summed E-state index contributed by atoms with van der Waals surface area (Å²) < 4.78 is 0. The number of nitrogens with zero attached hydrogens (tertiary/aromatic N) is 2. The number of aromatic nitrogens is 1. The van der Waals surface area contributed by atoms with Crippen molar-refractivity contribution in [3.8, 4) is 0 Å². The van der Waals surface area contributed by atoms with Crippen molar-refractivity contribution < 1.29 is 4.79 Å². The minimum absolute atomic E-state index is 0.0778. The summed E-state index contributed by atoms with van der Waals surface area (Å²) in [7, 11) is 4.03. The van der Waals surface area contributed by atoms with Gasteiger partial charge in [0.1, 0.15) is 5.69 Å². The number of aromatic amines is 1. The number of hydrogen-bond acceptors (Lipinski definition) is 2. The van der Waals surface area contributed by atoms with Crippen LogP contribution in [-0.2, 0) is 0 Å². The van der Waals surface area contributed by atoms with Crippen LogP contribution in [0.25, 0.3) is 0 Å². The van der Waals surface area contributed by atoms with Crippen LogP contribution in [0.15, 0.2) is 18.3 Å². The van der Waals surface area contributed by atoms with E-state index in [1.165, 1.54) is 19.3 Å². The van der Waals surface area contributed by atoms with Gasteiger partial charge in [-0.05, 0) is 38.6 Å². The lowest BCUT2D eigenvalue weighted by Gasteiger charge is -2.35. The molecule has 2 rings (SSSR count). The van der Waals surface area contributed by atoms with Gasteiger partial charge in [0.2, 0.25) is 0 Å². The van der Waals surface area contributed by atoms with Crippen molar-refractivity contribution >= 4 is 5.91 Å². The molecule has 0 radical (unpaired) electrons. The molecule has 1 unspecified atom stereocenters. The largest absolute Gasteiger partial charge is 0.357 e. The van der Waals surface area contributed by atoms with Gasteiger partial charge in [0.25, 0.3) is 5.91 Å². The number of hydrogen-bond donors (Lipinski definition) is 1. The van der Waals surface area contributed by atoms with Crippen LogP contribution < -0.4 is 0 Å². The van der Waals surface area contributed by atoms with E-state index < -0.39 is 0 Å². The van der Waals surface area contributed by atoms with Gasteiger partial charge in [-0.3, -0.25) is 4.79 Å². The number of rotatable bonds is 3. The minimum Gasteiger partial charge on any atom is -0.357 e. The molecule has 4 heteroatoms. The standard InChI is InChI=1S/C13H21N3O/c1-15-9-4-3-6-11(15)10-16(2)13(17)12-7-5-8-14-12/h5,7-8,11,14H,3-4,6,9-10H2,1-2H3. The summed E-state index contributed by atoms with van der Waals surface area (Å²) >= 11 is 0. The Morgan fingerprint density at radius 2 is 2.41 bits per heavy atom. The molecule has 4 nitrogen and oxygen atoms in total. The molecule has 1 aromatic heterocycles. The molecule has 0 bridgehead atoms. The second kappa shape index (κ2) is 5.36. The van der Waals surface area contributed by atoms with Crippen LogP contribution in [0, 0.1) is 0 Å². The van der Waals surface area contributed by atoms with Gasteiger partial charge in [0.15, 0.2) is 0 Å². The van der Waals surface area contributed by atoms with Gasteiger partial charge in [0, 0.05) is 25.8 Å². The molecule has 1 saturated heterocycles. The van der Waals surface area contributed by atoms with Gasteiger partial charge in [-0.1, -0.05) is 6.42 Å². The number of likely N-dealkylation sites (N-methyl/N-ethyl adjacent to an activating group) is 2. The van der Waals surface area contributed by atoms with Crippen LogP contribution in [0.5, 0.6) is 0 Å². The fourth-order valence-corrected chi connectivity index (χ4v) is 2.44. The second-order valence-electron chi connectivity index (χ2n) is 4.90. The van der Waals surface area contributed by atoms with E-state index in [0.29, 0.717) is 11.7 Å². The zero-order valence-electron chi connectivity index (χ0n) is 10.6. The molecule has 2 heterocycles. The van der Waals surface area contributed by atoms with Gasteiger partial charge < -0.3 is 14.8 Å². The fraction of sp³-hybridized carbons (Fsp3) is 0.615. The molecule has 1 N–H and O–H groups in total. The topological polar surface area (TPSA) is 39.3 Å². The summed E-state index contributed by atoms with van der Waals surface area (Å²) in [5.41, 5.74) is 0.672. The third kappa shape index (κ3) is 2.88. The number of carbonyl (C=O) groups is 1. The molecule has 0 spiro atoms. The monoisotopic (exact) mass is 235 g/mol. The van der Waals surface area contributed by atoms with E-state index in [9.17, 15) is 4.79 Å². The lowest BCUT2D eigenvalue weighted by atomic mass is 10.0. The molecule has 1 aliphatic heterocycles. The Kier molecular flexibility index (Phi) is 3.84. The maximum atomic E-state index is 12.1. The van der Waals surface area contributed by atoms with Crippen LogP contribution in [0.1, 0.15) is 29.8 Å². The van der Waals surface area contributed by atoms with Crippen molar-refractivity contribution in [2.75, 3.05) is 27.2 Å². The number of piperidine rings is 1. The fourth-order valence-electron chi connectivity index (χ4n) is 2.44. The lowest BCUT2D eigenvalue weighted by Crippen LogP contribution is -2.45. The first-order valence-corrected chi connectivity index (χ1v) is 6.27. The van der Waals surface area contributed by atoms with Crippen molar-refractivity contribution in [3.63, 3.8) is 0 Å². The second-order valence-corrected chi connectivity index (χ2v) is 4.90. The normalized spacial score (nSPS) is 21.4. The van der Waals surface area contributed by atoms with Crippen molar-refractivity contribution in [1.82, 2.24) is 14.8 Å². The van der Waals surface area contributed by atoms with Crippen LogP contribution >= 0.6 is 0 Å². The summed E-state index contributed by atoms with van der Waals surface area (Å²) in [5, 5.41) is 0. The van der Waals surface area contributed by atoms with Crippen molar-refractivity contribution in [2.24, 2.45) is 0 Å². The van der Waals surface area contributed by atoms with E-state index in [1.54, 1.807) is 6.20 Å². The SMILES string of the molecule is CN(CC1CCCCN1C)C(=O)c1ccc[nH]1. The highest BCUT2D eigenvalue weighted by molar-refractivity contribution is 5.92. The summed E-state index contributed by atoms with van der Waals surface area (Å²) in [6.07, 6.45) is 5.54. The Bertz CT molecular complexity index is 361. The summed E-state index contributed by atoms with van der Waals surface area (Å²) in [5.74, 6) is 0.0778. The number of likely N-dealkylation sites (tertiary alicyclic amines) is 1. The van der Waals surface area contributed by atoms with Crippen LogP contribution in [-0.4, -0.2) is 53.9 Å². The van der Waals surface area contributed by atoms with Crippen molar-refractivity contribution in [1.29, 1.82) is 0 Å². The summed E-state index contributed by atoms with van der Waals surface area (Å²) in [6, 6.07) is 4.18. The van der Waals surface area contributed by atoms with Gasteiger partial charge in [0.05, 0.1) is 0 Å². The van der Waals surface area contributed by atoms with Crippen molar-refractivity contribution in [3.05, 3.63) is 24.0 Å². The highest BCUT2D eigenvalue weighted by Gasteiger charge is 2.22. The highest BCUT2D eigenvalue weighted by Crippen LogP contribution is 2.16. The van der Waals surface area contributed by atoms with E-state index >= 15 is 0 Å². The minimum atomic E-state index is 0.0778. The first-order valence-electron chi connectivity index (χ1n) is 6.27. The molecule has 0 aromatic carbocycles. The average molecular weight is 235 g/mol. The first-order chi connectivity index (χ1) is 8.18. The Labute approximate surface area is 103 Å². The molecule has 1 aliphatic rings. The Morgan fingerprint density at radius 3 is 3.06 bits per heavy atom. The summed E-state index contributed by atoms with van der Waals surface area (Å²) in [6.45, 7) is 1.96. The molecule has 1 amide bonds. The van der Waals surface area contributed by atoms with E-state index in [-0.39, 0.29) is 5.91 Å². The Balaban J connectivity index is 1.92. The van der Waals surface area contributed by atoms with Gasteiger partial charge in [-0.15, -0.1) is 0 Å². The Morgan fingerprint density at radius 1 is 1.59 bits per heavy atom. The average Bonchev–Trinajstić information content (AvgIpc) is 2.84. The van der Waals surface area contributed by atoms with Crippen LogP contribution in [0.4, 0.5) is 0 Å². The molecule has 0 aliphatic carbocycles. The number of H-pyrrole nitrogens is 1. The highest BCUT2D eigenvalue weighted by atomic mass is 16.2. The number of carbonyl (C=O) groups excluding carboxylic acids is 1. The van der Waals surface area contributed by atoms with Gasteiger partial charge in [-0.2, -0.15) is 0 Å². The number of amides is 1. The van der Waals surface area contributed by atoms with E-state index in [2.05, 4.69) is 16.9 Å². The van der Waals surface area contributed by atoms with E-state index in [1.807, 2.05) is 24.1 Å². The van der Waals surface area contributed by atoms with Crippen LogP contribution in [0.3, 0.4) is 0 Å². The predicted molar refractivity (Wildman–Crippen MR) is 68.0 cm³/mol. The predicted octanol–water partition coefficient (Wildman–Crippen LogP) is 1.57. The molecule has 94 valence electrons. The van der Waals surface area contributed by atoms with E-state index in [4.69, 9.17) is 0 Å². The molecule has 1 aromatic rings. The maximum absolute atomic E-state index is 12.1. The first kappa shape index (κ1) is 12.2. The third-order valence-corrected chi connectivity index (χ3v) is 3.58. The molecule has 17 heavy (non-hydrogen) atoms. The zero-order chi connectivity index (χ0) is 12.3. The number of nitrogens with one attached hydrogen (secondary N) is 1. The summed E-state index contributed by atoms with van der Waals surface area (Å²) in [4.78, 5) is 19.2. The van der Waals surface area contributed by atoms with E-state index in [0.717, 1.165) is 13.1 Å². The quantitative estimate of drug-likeness (QED) is 0.864. The molecule has 1 atom stereocenters. The Hall–Kier alpha value is -1.29. The lowest BCUT2D eigenvalue weighted by molar-refractivity contribution is 0.0712. The smallest absolute Gasteiger partial charge is 0.270 e. The zero-order valence-corrected chi connectivity index (χ0v) is 10.6. The van der Waals surface area contributed by atoms with Gasteiger partial charge >= 0.3 is 0 Å². The molecule has 1 fully saturated rings. The van der Waals surface area contributed by atoms with Crippen molar-refractivity contribution in [2.45, 2.75) is 25.3 Å². The maximum Gasteiger partial charge on any atom is 0.270 e. The van der Waals surface area contributed by atoms with Crippen LogP contribution in [0.2, 0.25) is 0 Å². The molecule has 0 saturated carbocycles. The van der Waals surface area contributed by atoms with Gasteiger partial charge in [-0.25, -0.2) is 0 Å². The molecular weight excluding hydrogens is 214 g/mol.